The molecule has 1 aromatic heterocycles. The molecule has 7 nitrogen and oxygen atoms in total. The van der Waals surface area contributed by atoms with Gasteiger partial charge in [0.15, 0.2) is 0 Å². The van der Waals surface area contributed by atoms with E-state index in [0.29, 0.717) is 31.7 Å². The second kappa shape index (κ2) is 9.51. The van der Waals surface area contributed by atoms with Crippen LogP contribution in [0.2, 0.25) is 0 Å². The summed E-state index contributed by atoms with van der Waals surface area (Å²) in [6.07, 6.45) is 2.26. The van der Waals surface area contributed by atoms with Crippen molar-refractivity contribution in [2.75, 3.05) is 13.2 Å². The molecule has 1 heterocycles. The molecule has 1 aromatic carbocycles. The minimum absolute atomic E-state index is 0.133. The zero-order valence-electron chi connectivity index (χ0n) is 14.9. The first-order chi connectivity index (χ1) is 12.4. The second-order valence-electron chi connectivity index (χ2n) is 6.04. The molecule has 142 valence electrons. The summed E-state index contributed by atoms with van der Waals surface area (Å²) in [4.78, 5) is 12.2. The summed E-state index contributed by atoms with van der Waals surface area (Å²) < 4.78 is 37.2. The van der Waals surface area contributed by atoms with Gasteiger partial charge in [0, 0.05) is 24.8 Å². The first-order valence-electron chi connectivity index (χ1n) is 8.39. The Labute approximate surface area is 153 Å². The van der Waals surface area contributed by atoms with Crippen LogP contribution in [0.4, 0.5) is 0 Å². The van der Waals surface area contributed by atoms with Crippen LogP contribution in [-0.2, 0) is 21.4 Å². The maximum absolute atomic E-state index is 12.1. The van der Waals surface area contributed by atoms with Crippen molar-refractivity contribution in [3.63, 3.8) is 0 Å². The number of nitrogens with one attached hydrogen (secondary N) is 2. The Kier molecular flexibility index (Phi) is 7.38. The predicted octanol–water partition coefficient (Wildman–Crippen LogP) is 2.30. The average Bonchev–Trinajstić information content (AvgIpc) is 3.10. The summed E-state index contributed by atoms with van der Waals surface area (Å²) >= 11 is 0. The molecule has 8 heteroatoms. The van der Waals surface area contributed by atoms with Gasteiger partial charge in [-0.2, -0.15) is 0 Å². The monoisotopic (exact) mass is 380 g/mol. The number of benzene rings is 1. The number of carbonyl (C=O) groups is 1. The van der Waals surface area contributed by atoms with E-state index in [0.717, 1.165) is 5.76 Å². The first-order valence-corrected chi connectivity index (χ1v) is 9.87. The van der Waals surface area contributed by atoms with E-state index < -0.39 is 10.0 Å². The number of ether oxygens (including phenoxy) is 1. The van der Waals surface area contributed by atoms with Gasteiger partial charge in [-0.1, -0.05) is 0 Å². The third-order valence-electron chi connectivity index (χ3n) is 3.39. The molecule has 0 aliphatic rings. The van der Waals surface area contributed by atoms with Gasteiger partial charge < -0.3 is 14.5 Å². The quantitative estimate of drug-likeness (QED) is 0.617. The number of rotatable bonds is 10. The fourth-order valence-corrected chi connectivity index (χ4v) is 3.46. The third kappa shape index (κ3) is 6.29. The van der Waals surface area contributed by atoms with Crippen molar-refractivity contribution in [1.82, 2.24) is 10.0 Å². The van der Waals surface area contributed by atoms with Gasteiger partial charge in [0.2, 0.25) is 10.0 Å². The number of sulfonamides is 1. The van der Waals surface area contributed by atoms with E-state index in [2.05, 4.69) is 10.0 Å². The van der Waals surface area contributed by atoms with Crippen molar-refractivity contribution in [2.45, 2.75) is 37.8 Å². The highest BCUT2D eigenvalue weighted by molar-refractivity contribution is 7.89. The van der Waals surface area contributed by atoms with Gasteiger partial charge in [-0.25, -0.2) is 13.1 Å². The highest BCUT2D eigenvalue weighted by atomic mass is 32.2. The molecule has 0 bridgehead atoms. The molecule has 1 amide bonds. The van der Waals surface area contributed by atoms with Crippen LogP contribution >= 0.6 is 0 Å². The molecule has 0 aliphatic carbocycles. The highest BCUT2D eigenvalue weighted by Crippen LogP contribution is 2.11. The Balaban J connectivity index is 1.73. The Morgan fingerprint density at radius 1 is 1.19 bits per heavy atom. The number of furan rings is 1. The van der Waals surface area contributed by atoms with Crippen LogP contribution in [0.5, 0.6) is 0 Å². The van der Waals surface area contributed by atoms with Crippen molar-refractivity contribution in [3.8, 4) is 0 Å². The standard InChI is InChI=1S/C18H24N2O5S/c1-14(2)20-26(22,23)17-8-6-15(7-9-17)18(21)19-10-4-11-24-13-16-5-3-12-25-16/h3,5-9,12,14,20H,4,10-11,13H2,1-2H3,(H,19,21). The molecule has 0 unspecified atom stereocenters. The van der Waals surface area contributed by atoms with E-state index in [-0.39, 0.29) is 16.8 Å². The van der Waals surface area contributed by atoms with E-state index in [1.165, 1.54) is 24.3 Å². The van der Waals surface area contributed by atoms with Gasteiger partial charge >= 0.3 is 0 Å². The molecule has 2 aromatic rings. The SMILES string of the molecule is CC(C)NS(=O)(=O)c1ccc(C(=O)NCCCOCc2ccco2)cc1. The van der Waals surface area contributed by atoms with E-state index in [4.69, 9.17) is 9.15 Å². The minimum atomic E-state index is -3.55. The van der Waals surface area contributed by atoms with E-state index in [9.17, 15) is 13.2 Å². The molecule has 0 fully saturated rings. The summed E-state index contributed by atoms with van der Waals surface area (Å²) in [5, 5.41) is 2.78. The van der Waals surface area contributed by atoms with Crippen LogP contribution in [-0.4, -0.2) is 33.5 Å². The summed E-state index contributed by atoms with van der Waals surface area (Å²) in [7, 11) is -3.55. The average molecular weight is 380 g/mol. The van der Waals surface area contributed by atoms with Crippen LogP contribution in [0.25, 0.3) is 0 Å². The summed E-state index contributed by atoms with van der Waals surface area (Å²) in [6.45, 7) is 4.86. The largest absolute Gasteiger partial charge is 0.467 e. The zero-order valence-corrected chi connectivity index (χ0v) is 15.7. The Bertz CT molecular complexity index is 783. The fraction of sp³-hybridized carbons (Fsp3) is 0.389. The number of carbonyl (C=O) groups excluding carboxylic acids is 1. The van der Waals surface area contributed by atoms with Crippen LogP contribution < -0.4 is 10.0 Å². The Hall–Kier alpha value is -2.16. The smallest absolute Gasteiger partial charge is 0.251 e. The van der Waals surface area contributed by atoms with Crippen molar-refractivity contribution in [2.24, 2.45) is 0 Å². The summed E-state index contributed by atoms with van der Waals surface area (Å²) in [6, 6.07) is 9.28. The van der Waals surface area contributed by atoms with Crippen LogP contribution in [0, 0.1) is 0 Å². The Morgan fingerprint density at radius 2 is 1.92 bits per heavy atom. The lowest BCUT2D eigenvalue weighted by atomic mass is 10.2. The van der Waals surface area contributed by atoms with Crippen LogP contribution in [0.3, 0.4) is 0 Å². The van der Waals surface area contributed by atoms with Crippen molar-refractivity contribution >= 4 is 15.9 Å². The van der Waals surface area contributed by atoms with Gasteiger partial charge in [0.05, 0.1) is 11.2 Å². The molecule has 2 rings (SSSR count). The number of hydrogen-bond donors (Lipinski definition) is 2. The van der Waals surface area contributed by atoms with E-state index in [1.807, 2.05) is 6.07 Å². The van der Waals surface area contributed by atoms with Gasteiger partial charge in [-0.3, -0.25) is 4.79 Å². The topological polar surface area (TPSA) is 97.6 Å². The molecular weight excluding hydrogens is 356 g/mol. The van der Waals surface area contributed by atoms with Gasteiger partial charge in [-0.05, 0) is 56.7 Å². The lowest BCUT2D eigenvalue weighted by molar-refractivity contribution is 0.0917. The second-order valence-corrected chi connectivity index (χ2v) is 7.76. The van der Waals surface area contributed by atoms with Crippen molar-refractivity contribution in [3.05, 3.63) is 54.0 Å². The van der Waals surface area contributed by atoms with Gasteiger partial charge in [0.1, 0.15) is 12.4 Å². The lowest BCUT2D eigenvalue weighted by Crippen LogP contribution is -2.30. The molecule has 0 radical (unpaired) electrons. The normalized spacial score (nSPS) is 11.7. The third-order valence-corrected chi connectivity index (χ3v) is 5.07. The van der Waals surface area contributed by atoms with Gasteiger partial charge in [0.25, 0.3) is 5.91 Å². The highest BCUT2D eigenvalue weighted by Gasteiger charge is 2.15. The molecule has 0 aliphatic heterocycles. The summed E-state index contributed by atoms with van der Waals surface area (Å²) in [5.41, 5.74) is 0.407. The molecule has 0 atom stereocenters. The first kappa shape index (κ1) is 20.2. The minimum Gasteiger partial charge on any atom is -0.467 e. The molecule has 0 spiro atoms. The van der Waals surface area contributed by atoms with E-state index >= 15 is 0 Å². The molecular formula is C18H24N2O5S. The number of amides is 1. The lowest BCUT2D eigenvalue weighted by Gasteiger charge is -2.10. The Morgan fingerprint density at radius 3 is 2.54 bits per heavy atom. The predicted molar refractivity (Wildman–Crippen MR) is 97.2 cm³/mol. The summed E-state index contributed by atoms with van der Waals surface area (Å²) in [5.74, 6) is 0.507. The molecule has 2 N–H and O–H groups in total. The number of hydrogen-bond acceptors (Lipinski definition) is 5. The van der Waals surface area contributed by atoms with E-state index in [1.54, 1.807) is 26.2 Å². The zero-order chi connectivity index (χ0) is 19.0. The molecule has 0 saturated carbocycles. The fourth-order valence-electron chi connectivity index (χ4n) is 2.21. The molecule has 26 heavy (non-hydrogen) atoms. The van der Waals surface area contributed by atoms with Gasteiger partial charge in [-0.15, -0.1) is 0 Å². The van der Waals surface area contributed by atoms with Crippen molar-refractivity contribution in [1.29, 1.82) is 0 Å². The van der Waals surface area contributed by atoms with Crippen LogP contribution in [0.1, 0.15) is 36.4 Å². The van der Waals surface area contributed by atoms with Crippen molar-refractivity contribution < 1.29 is 22.4 Å². The molecule has 0 saturated heterocycles. The maximum Gasteiger partial charge on any atom is 0.251 e. The van der Waals surface area contributed by atoms with Crippen LogP contribution in [0.15, 0.2) is 52.0 Å². The maximum atomic E-state index is 12.1.